The Morgan fingerprint density at radius 2 is 2.03 bits per heavy atom. The number of nitrogen functional groups attached to an aromatic ring is 1. The molecule has 4 atom stereocenters. The summed E-state index contributed by atoms with van der Waals surface area (Å²) in [6, 6.07) is 2.80. The van der Waals surface area contributed by atoms with Crippen molar-refractivity contribution < 1.29 is 22.6 Å². The number of halogens is 4. The van der Waals surface area contributed by atoms with Gasteiger partial charge < -0.3 is 19.8 Å². The molecule has 0 amide bonds. The van der Waals surface area contributed by atoms with Gasteiger partial charge in [0.2, 0.25) is 0 Å². The van der Waals surface area contributed by atoms with Crippen LogP contribution >= 0.6 is 11.6 Å². The van der Waals surface area contributed by atoms with Gasteiger partial charge in [0.1, 0.15) is 29.0 Å². The number of nitrogens with two attached hydrogens (primary N) is 1. The van der Waals surface area contributed by atoms with Crippen molar-refractivity contribution in [3.8, 4) is 0 Å². The molecule has 11 heteroatoms. The van der Waals surface area contributed by atoms with Gasteiger partial charge in [-0.05, 0) is 62.5 Å². The second-order valence-corrected chi connectivity index (χ2v) is 10.4. The van der Waals surface area contributed by atoms with Crippen LogP contribution in [0.5, 0.6) is 0 Å². The zero-order valence-corrected chi connectivity index (χ0v) is 21.2. The van der Waals surface area contributed by atoms with Gasteiger partial charge in [-0.1, -0.05) is 30.3 Å². The number of rotatable bonds is 5. The number of nitrogens with zero attached hydrogens (tertiary/aromatic N) is 4. The molecule has 4 heterocycles. The molecule has 3 aromatic heterocycles. The Morgan fingerprint density at radius 1 is 1.30 bits per heavy atom. The topological polar surface area (TPSA) is 88.1 Å². The predicted molar refractivity (Wildman–Crippen MR) is 135 cm³/mol. The van der Waals surface area contributed by atoms with Crippen molar-refractivity contribution in [2.24, 2.45) is 5.92 Å². The van der Waals surface area contributed by atoms with Crippen LogP contribution in [0.2, 0.25) is 5.15 Å². The summed E-state index contributed by atoms with van der Waals surface area (Å²) < 4.78 is 54.0. The summed E-state index contributed by atoms with van der Waals surface area (Å²) in [6.07, 6.45) is 2.25. The highest BCUT2D eigenvalue weighted by atomic mass is 35.5. The minimum atomic E-state index is -4.59. The zero-order valence-electron chi connectivity index (χ0n) is 20.4. The third-order valence-electron chi connectivity index (χ3n) is 7.02. The highest BCUT2D eigenvalue weighted by molar-refractivity contribution is 6.33. The van der Waals surface area contributed by atoms with Crippen LogP contribution in [0.15, 0.2) is 36.8 Å². The average Bonchev–Trinajstić information content (AvgIpc) is 3.45. The molecule has 0 unspecified atom stereocenters. The Balaban J connectivity index is 1.36. The van der Waals surface area contributed by atoms with Gasteiger partial charge in [0.15, 0.2) is 5.79 Å². The molecule has 0 aromatic carbocycles. The molecule has 1 aliphatic heterocycles. The molecule has 0 bridgehead atoms. The third kappa shape index (κ3) is 4.85. The minimum Gasteiger partial charge on any atom is -0.383 e. The first-order chi connectivity index (χ1) is 17.3. The van der Waals surface area contributed by atoms with Crippen LogP contribution < -0.4 is 16.3 Å². The lowest BCUT2D eigenvalue weighted by molar-refractivity contribution is -0.160. The Bertz CT molecular complexity index is 1490. The van der Waals surface area contributed by atoms with E-state index in [2.05, 4.69) is 32.7 Å². The van der Waals surface area contributed by atoms with Crippen molar-refractivity contribution in [2.45, 2.75) is 63.3 Å². The van der Waals surface area contributed by atoms with Crippen molar-refractivity contribution in [3.05, 3.63) is 58.1 Å². The lowest BCUT2D eigenvalue weighted by Gasteiger charge is -2.24. The van der Waals surface area contributed by atoms with Gasteiger partial charge in [-0.2, -0.15) is 13.2 Å². The number of fused-ring (bicyclic) bond motifs is 2. The Hall–Kier alpha value is -2.95. The number of anilines is 1. The molecule has 196 valence electrons. The van der Waals surface area contributed by atoms with E-state index in [4.69, 9.17) is 26.8 Å². The van der Waals surface area contributed by atoms with Crippen LogP contribution in [0, 0.1) is 5.92 Å². The van der Waals surface area contributed by atoms with Crippen LogP contribution in [0.1, 0.15) is 44.7 Å². The molecule has 7 nitrogen and oxygen atoms in total. The Morgan fingerprint density at radius 3 is 2.76 bits per heavy atom. The van der Waals surface area contributed by atoms with Gasteiger partial charge in [-0.3, -0.25) is 0 Å². The largest absolute Gasteiger partial charge is 0.419 e. The second-order valence-electron chi connectivity index (χ2n) is 10.1. The Labute approximate surface area is 216 Å². The summed E-state index contributed by atoms with van der Waals surface area (Å²) in [5.74, 6) is -1.15. The van der Waals surface area contributed by atoms with E-state index in [1.54, 1.807) is 6.08 Å². The monoisotopic (exact) mass is 533 g/mol. The number of allylic oxidation sites excluding steroid dienone is 1. The molecule has 3 aromatic rings. The van der Waals surface area contributed by atoms with E-state index >= 15 is 0 Å². The van der Waals surface area contributed by atoms with Crippen LogP contribution in [-0.4, -0.2) is 37.5 Å². The quantitative estimate of drug-likeness (QED) is 0.489. The summed E-state index contributed by atoms with van der Waals surface area (Å²) in [6.45, 7) is 11.6. The van der Waals surface area contributed by atoms with Crippen molar-refractivity contribution in [2.75, 3.05) is 5.73 Å². The molecule has 1 saturated carbocycles. The molecule has 2 N–H and O–H groups in total. The van der Waals surface area contributed by atoms with E-state index in [9.17, 15) is 13.2 Å². The molecule has 1 saturated heterocycles. The van der Waals surface area contributed by atoms with Crippen LogP contribution in [0.25, 0.3) is 23.7 Å². The summed E-state index contributed by atoms with van der Waals surface area (Å²) >= 11 is 6.26. The summed E-state index contributed by atoms with van der Waals surface area (Å²) in [4.78, 5) is 12.4. The number of hydrogen-bond acceptors (Lipinski definition) is 6. The predicted octanol–water partition coefficient (Wildman–Crippen LogP) is 4.39. The molecular weight excluding hydrogens is 507 g/mol. The first kappa shape index (κ1) is 25.7. The smallest absolute Gasteiger partial charge is 0.383 e. The Kier molecular flexibility index (Phi) is 6.32. The van der Waals surface area contributed by atoms with Crippen molar-refractivity contribution >= 4 is 41.1 Å². The first-order valence-electron chi connectivity index (χ1n) is 11.9. The molecule has 0 spiro atoms. The lowest BCUT2D eigenvalue weighted by Crippen LogP contribution is -2.31. The van der Waals surface area contributed by atoms with Gasteiger partial charge in [0, 0.05) is 6.20 Å². The fourth-order valence-electron chi connectivity index (χ4n) is 5.39. The molecule has 37 heavy (non-hydrogen) atoms. The fourth-order valence-corrected chi connectivity index (χ4v) is 5.58. The summed E-state index contributed by atoms with van der Waals surface area (Å²) in [5.41, 5.74) is 6.02. The SMILES string of the molecule is C=C(/C=c1/nc(N)c(C(F)(F)F)cc1=C)CC[C@H]1C[C@@H](n2ccc3c(Cl)ncnc32)[C@@H]2OC(C)(C)O[C@H]12. The van der Waals surface area contributed by atoms with Crippen LogP contribution in [-0.2, 0) is 15.7 Å². The van der Waals surface area contributed by atoms with Gasteiger partial charge >= 0.3 is 6.18 Å². The summed E-state index contributed by atoms with van der Waals surface area (Å²) in [7, 11) is 0. The van der Waals surface area contributed by atoms with Gasteiger partial charge in [-0.25, -0.2) is 15.0 Å². The first-order valence-corrected chi connectivity index (χ1v) is 12.3. The van der Waals surface area contributed by atoms with E-state index in [0.29, 0.717) is 17.1 Å². The third-order valence-corrected chi connectivity index (χ3v) is 7.32. The number of hydrogen-bond donors (Lipinski definition) is 1. The van der Waals surface area contributed by atoms with Crippen molar-refractivity contribution in [1.82, 2.24) is 19.5 Å². The van der Waals surface area contributed by atoms with E-state index in [-0.39, 0.29) is 34.7 Å². The molecule has 5 rings (SSSR count). The fraction of sp³-hybridized carbons (Fsp3) is 0.423. The number of alkyl halides is 3. The number of aromatic nitrogens is 4. The molecule has 0 radical (unpaired) electrons. The van der Waals surface area contributed by atoms with E-state index in [0.717, 1.165) is 29.9 Å². The van der Waals surface area contributed by atoms with Crippen LogP contribution in [0.3, 0.4) is 0 Å². The highest BCUT2D eigenvalue weighted by Gasteiger charge is 2.54. The molecule has 2 fully saturated rings. The second kappa shape index (κ2) is 9.11. The van der Waals surface area contributed by atoms with Gasteiger partial charge in [0.05, 0.1) is 28.4 Å². The maximum Gasteiger partial charge on any atom is 0.419 e. The average molecular weight is 534 g/mol. The standard InChI is InChI=1S/C26H27ClF3N5O2/c1-13(9-18-14(2)10-17(23(31)34-18)26(28,29)30)5-6-15-11-19(21-20(15)36-25(3,4)37-21)35-8-7-16-22(27)32-12-33-24(16)35/h7-10,12,15,19-21H,1-2,5-6,11H2,3-4H3,(H2,31,34)/b18-9+/t15-,19+,20+,21-/m0/s1. The van der Waals surface area contributed by atoms with E-state index in [1.165, 1.54) is 6.33 Å². The maximum absolute atomic E-state index is 13.1. The van der Waals surface area contributed by atoms with Crippen LogP contribution in [0.4, 0.5) is 19.0 Å². The van der Waals surface area contributed by atoms with Gasteiger partial charge in [-0.15, -0.1) is 0 Å². The number of pyridine rings is 1. The van der Waals surface area contributed by atoms with E-state index in [1.807, 2.05) is 26.1 Å². The highest BCUT2D eigenvalue weighted by Crippen LogP contribution is 2.49. The van der Waals surface area contributed by atoms with Crippen molar-refractivity contribution in [3.63, 3.8) is 0 Å². The van der Waals surface area contributed by atoms with Gasteiger partial charge in [0.25, 0.3) is 0 Å². The zero-order chi connectivity index (χ0) is 26.7. The lowest BCUT2D eigenvalue weighted by atomic mass is 9.96. The number of ether oxygens (including phenoxy) is 2. The molecular formula is C26H27ClF3N5O2. The normalized spacial score (nSPS) is 25.6. The molecule has 1 aliphatic carbocycles. The summed E-state index contributed by atoms with van der Waals surface area (Å²) in [5, 5.41) is 1.58. The molecule has 2 aliphatic rings. The van der Waals surface area contributed by atoms with Crippen molar-refractivity contribution in [1.29, 1.82) is 0 Å². The minimum absolute atomic E-state index is 0.0136. The maximum atomic E-state index is 13.1. The van der Waals surface area contributed by atoms with E-state index < -0.39 is 23.3 Å².